The molecule has 5 heteroatoms. The van der Waals surface area contributed by atoms with Gasteiger partial charge in [0.15, 0.2) is 0 Å². The Kier molecular flexibility index (Phi) is 5.50. The lowest BCUT2D eigenvalue weighted by Crippen LogP contribution is -2.39. The first-order valence-electron chi connectivity index (χ1n) is 6.03. The van der Waals surface area contributed by atoms with Crippen LogP contribution in [0.3, 0.4) is 0 Å². The van der Waals surface area contributed by atoms with Crippen LogP contribution in [-0.2, 0) is 4.79 Å². The van der Waals surface area contributed by atoms with Crippen LogP contribution in [-0.4, -0.2) is 28.1 Å². The third kappa shape index (κ3) is 5.42. The lowest BCUT2D eigenvalue weighted by atomic mass is 10.0. The van der Waals surface area contributed by atoms with Gasteiger partial charge in [-0.3, -0.25) is 4.79 Å². The Labute approximate surface area is 112 Å². The van der Waals surface area contributed by atoms with E-state index in [-0.39, 0.29) is 12.5 Å². The normalized spacial score (nSPS) is 14.7. The molecule has 1 atom stereocenters. The molecule has 100 valence electrons. The predicted molar refractivity (Wildman–Crippen MR) is 74.4 cm³/mol. The molecule has 1 unspecified atom stereocenters. The largest absolute Gasteiger partial charge is 0.388 e. The third-order valence-electron chi connectivity index (χ3n) is 2.47. The van der Waals surface area contributed by atoms with Crippen molar-refractivity contribution in [2.75, 3.05) is 6.54 Å². The van der Waals surface area contributed by atoms with Crippen molar-refractivity contribution < 1.29 is 9.90 Å². The first-order valence-corrected chi connectivity index (χ1v) is 6.91. The molecule has 1 aromatic rings. The maximum Gasteiger partial charge on any atom is 0.244 e. The van der Waals surface area contributed by atoms with Gasteiger partial charge in [0.05, 0.1) is 16.3 Å². The van der Waals surface area contributed by atoms with Crippen molar-refractivity contribution in [1.82, 2.24) is 10.3 Å². The molecule has 1 amide bonds. The van der Waals surface area contributed by atoms with Gasteiger partial charge in [0.1, 0.15) is 0 Å². The van der Waals surface area contributed by atoms with E-state index < -0.39 is 5.60 Å². The molecule has 0 saturated heterocycles. The van der Waals surface area contributed by atoms with Crippen molar-refractivity contribution in [3.8, 4) is 0 Å². The summed E-state index contributed by atoms with van der Waals surface area (Å²) < 4.78 is 0. The second kappa shape index (κ2) is 6.66. The van der Waals surface area contributed by atoms with E-state index in [0.717, 1.165) is 17.1 Å². The van der Waals surface area contributed by atoms with Crippen molar-refractivity contribution in [1.29, 1.82) is 0 Å². The molecule has 2 N–H and O–H groups in total. The molecule has 0 fully saturated rings. The van der Waals surface area contributed by atoms with Crippen LogP contribution in [0.25, 0.3) is 6.08 Å². The number of thiazole rings is 1. The number of rotatable bonds is 6. The summed E-state index contributed by atoms with van der Waals surface area (Å²) in [5.41, 5.74) is -0.0527. The van der Waals surface area contributed by atoms with E-state index in [1.54, 1.807) is 24.3 Å². The molecule has 0 aromatic carbocycles. The maximum absolute atomic E-state index is 11.5. The first-order chi connectivity index (χ1) is 8.43. The topological polar surface area (TPSA) is 62.2 Å². The van der Waals surface area contributed by atoms with Crippen molar-refractivity contribution in [3.63, 3.8) is 0 Å². The number of hydrogen-bond acceptors (Lipinski definition) is 4. The highest BCUT2D eigenvalue weighted by Crippen LogP contribution is 2.10. The van der Waals surface area contributed by atoms with Crippen LogP contribution in [0.5, 0.6) is 0 Å². The minimum Gasteiger partial charge on any atom is -0.388 e. The van der Waals surface area contributed by atoms with Crippen LogP contribution in [0.2, 0.25) is 0 Å². The second-order valence-electron chi connectivity index (χ2n) is 4.59. The molecule has 0 aliphatic heterocycles. The molecule has 0 aliphatic carbocycles. The predicted octanol–water partition coefficient (Wildman–Crippen LogP) is 2.13. The van der Waals surface area contributed by atoms with Crippen LogP contribution < -0.4 is 5.32 Å². The monoisotopic (exact) mass is 268 g/mol. The van der Waals surface area contributed by atoms with Crippen LogP contribution in [0.1, 0.15) is 37.4 Å². The second-order valence-corrected chi connectivity index (χ2v) is 5.65. The number of nitrogens with zero attached hydrogens (tertiary/aromatic N) is 1. The summed E-state index contributed by atoms with van der Waals surface area (Å²) in [6.45, 7) is 5.91. The number of carbonyl (C=O) groups excluding carboxylic acids is 1. The van der Waals surface area contributed by atoms with Crippen LogP contribution >= 0.6 is 11.3 Å². The summed E-state index contributed by atoms with van der Waals surface area (Å²) in [7, 11) is 0. The Morgan fingerprint density at radius 1 is 1.67 bits per heavy atom. The molecule has 0 bridgehead atoms. The third-order valence-corrected chi connectivity index (χ3v) is 3.27. The van der Waals surface area contributed by atoms with Gasteiger partial charge >= 0.3 is 0 Å². The molecule has 0 saturated carbocycles. The average Bonchev–Trinajstić information content (AvgIpc) is 2.70. The summed E-state index contributed by atoms with van der Waals surface area (Å²) in [6, 6.07) is 0. The number of aryl methyl sites for hydroxylation is 1. The molecule has 0 spiro atoms. The number of amides is 1. The number of nitrogens with one attached hydrogen (secondary N) is 1. The fourth-order valence-electron chi connectivity index (χ4n) is 1.58. The minimum absolute atomic E-state index is 0.211. The van der Waals surface area contributed by atoms with Gasteiger partial charge in [0, 0.05) is 18.0 Å². The lowest BCUT2D eigenvalue weighted by Gasteiger charge is -2.22. The highest BCUT2D eigenvalue weighted by atomic mass is 32.1. The zero-order valence-corrected chi connectivity index (χ0v) is 11.9. The molecular formula is C13H20N2O2S. The van der Waals surface area contributed by atoms with Gasteiger partial charge in [-0.1, -0.05) is 13.3 Å². The van der Waals surface area contributed by atoms with Crippen molar-refractivity contribution in [2.45, 2.75) is 39.2 Å². The minimum atomic E-state index is -0.838. The van der Waals surface area contributed by atoms with Gasteiger partial charge < -0.3 is 10.4 Å². The number of aliphatic hydroxyl groups is 1. The lowest BCUT2D eigenvalue weighted by molar-refractivity contribution is -0.117. The zero-order valence-electron chi connectivity index (χ0n) is 11.1. The Morgan fingerprint density at radius 2 is 2.39 bits per heavy atom. The number of carbonyl (C=O) groups is 1. The summed E-state index contributed by atoms with van der Waals surface area (Å²) in [4.78, 5) is 15.8. The van der Waals surface area contributed by atoms with E-state index in [0.29, 0.717) is 6.42 Å². The van der Waals surface area contributed by atoms with Gasteiger partial charge in [-0.05, 0) is 26.3 Å². The van der Waals surface area contributed by atoms with E-state index in [9.17, 15) is 9.90 Å². The number of hydrogen-bond donors (Lipinski definition) is 2. The molecule has 0 aliphatic rings. The molecule has 1 rings (SSSR count). The summed E-state index contributed by atoms with van der Waals surface area (Å²) >= 11 is 1.55. The van der Waals surface area contributed by atoms with Gasteiger partial charge in [-0.2, -0.15) is 0 Å². The van der Waals surface area contributed by atoms with E-state index >= 15 is 0 Å². The molecular weight excluding hydrogens is 248 g/mol. The number of aromatic nitrogens is 1. The zero-order chi connectivity index (χ0) is 13.6. The van der Waals surface area contributed by atoms with E-state index in [1.165, 1.54) is 6.08 Å². The Morgan fingerprint density at radius 3 is 2.94 bits per heavy atom. The van der Waals surface area contributed by atoms with Crippen molar-refractivity contribution in [3.05, 3.63) is 22.2 Å². The fraction of sp³-hybridized carbons (Fsp3) is 0.538. The SMILES string of the molecule is CCCC(C)(O)CNC(=O)/C=C/c1csc(C)n1. The van der Waals surface area contributed by atoms with E-state index in [1.807, 2.05) is 19.2 Å². The summed E-state index contributed by atoms with van der Waals surface area (Å²) in [5, 5.41) is 15.5. The van der Waals surface area contributed by atoms with Crippen LogP contribution in [0.4, 0.5) is 0 Å². The Balaban J connectivity index is 2.40. The maximum atomic E-state index is 11.5. The highest BCUT2D eigenvalue weighted by molar-refractivity contribution is 7.09. The quantitative estimate of drug-likeness (QED) is 0.777. The molecule has 4 nitrogen and oxygen atoms in total. The molecule has 18 heavy (non-hydrogen) atoms. The molecule has 1 heterocycles. The summed E-state index contributed by atoms with van der Waals surface area (Å²) in [6.07, 6.45) is 4.67. The van der Waals surface area contributed by atoms with Crippen LogP contribution in [0.15, 0.2) is 11.5 Å². The smallest absolute Gasteiger partial charge is 0.244 e. The van der Waals surface area contributed by atoms with Gasteiger partial charge in [0.25, 0.3) is 0 Å². The molecule has 1 aromatic heterocycles. The van der Waals surface area contributed by atoms with Gasteiger partial charge in [-0.25, -0.2) is 4.98 Å². The van der Waals surface area contributed by atoms with E-state index in [4.69, 9.17) is 0 Å². The average molecular weight is 268 g/mol. The van der Waals surface area contributed by atoms with Gasteiger partial charge in [-0.15, -0.1) is 11.3 Å². The Bertz CT molecular complexity index is 424. The van der Waals surface area contributed by atoms with Crippen LogP contribution in [0, 0.1) is 6.92 Å². The standard InChI is InChI=1S/C13H20N2O2S/c1-4-7-13(3,17)9-14-12(16)6-5-11-8-18-10(2)15-11/h5-6,8,17H,4,7,9H2,1-3H3,(H,14,16)/b6-5+. The van der Waals surface area contributed by atoms with E-state index in [2.05, 4.69) is 10.3 Å². The van der Waals surface area contributed by atoms with Gasteiger partial charge in [0.2, 0.25) is 5.91 Å². The summed E-state index contributed by atoms with van der Waals surface area (Å²) in [5.74, 6) is -0.211. The fourth-order valence-corrected chi connectivity index (χ4v) is 2.16. The first kappa shape index (κ1) is 14.9. The molecule has 0 radical (unpaired) electrons. The Hall–Kier alpha value is -1.20. The van der Waals surface area contributed by atoms with Crippen molar-refractivity contribution >= 4 is 23.3 Å². The highest BCUT2D eigenvalue weighted by Gasteiger charge is 2.19. The van der Waals surface area contributed by atoms with Crippen molar-refractivity contribution in [2.24, 2.45) is 0 Å².